The van der Waals surface area contributed by atoms with Crippen molar-refractivity contribution in [2.24, 2.45) is 0 Å². The molecule has 1 aliphatic heterocycles. The normalized spacial score (nSPS) is 20.9. The van der Waals surface area contributed by atoms with Crippen molar-refractivity contribution in [1.29, 1.82) is 0 Å². The molecule has 1 fully saturated rings. The Morgan fingerprint density at radius 3 is 2.31 bits per heavy atom. The number of amides is 1. The zero-order valence-electron chi connectivity index (χ0n) is 16.2. The van der Waals surface area contributed by atoms with Crippen LogP contribution in [0.25, 0.3) is 0 Å². The first-order valence-corrected chi connectivity index (χ1v) is 12.2. The van der Waals surface area contributed by atoms with Crippen LogP contribution in [0.1, 0.15) is 24.2 Å². The van der Waals surface area contributed by atoms with Crippen LogP contribution in [0.5, 0.6) is 0 Å². The fraction of sp³-hybridized carbons (Fsp3) is 0.562. The number of benzene rings is 1. The largest absolute Gasteiger partial charge is 0.373 e. The number of nitro groups is 1. The van der Waals surface area contributed by atoms with Crippen molar-refractivity contribution in [2.45, 2.75) is 31.0 Å². The van der Waals surface area contributed by atoms with Crippen molar-refractivity contribution < 1.29 is 31.3 Å². The molecule has 0 aliphatic carbocycles. The minimum absolute atomic E-state index is 0.212. The first kappa shape index (κ1) is 23.2. The van der Waals surface area contributed by atoms with E-state index in [0.29, 0.717) is 0 Å². The molecule has 2 atom stereocenters. The van der Waals surface area contributed by atoms with E-state index in [9.17, 15) is 31.7 Å². The van der Waals surface area contributed by atoms with Gasteiger partial charge in [-0.2, -0.15) is 4.31 Å². The number of nitrogens with zero attached hydrogens (tertiary/aromatic N) is 2. The molecule has 162 valence electrons. The van der Waals surface area contributed by atoms with Gasteiger partial charge < -0.3 is 10.1 Å². The fourth-order valence-corrected chi connectivity index (χ4v) is 5.08. The molecule has 1 N–H and O–H groups in total. The van der Waals surface area contributed by atoms with Crippen LogP contribution in [0.4, 0.5) is 5.69 Å². The molecule has 2 rings (SSSR count). The Morgan fingerprint density at radius 2 is 1.79 bits per heavy atom. The third-order valence-electron chi connectivity index (χ3n) is 4.22. The van der Waals surface area contributed by atoms with Gasteiger partial charge in [-0.1, -0.05) is 0 Å². The van der Waals surface area contributed by atoms with Gasteiger partial charge in [0.25, 0.3) is 11.6 Å². The molecule has 11 nitrogen and oxygen atoms in total. The lowest BCUT2D eigenvalue weighted by Crippen LogP contribution is -2.49. The molecule has 0 saturated carbocycles. The number of ether oxygens (including phenoxy) is 1. The van der Waals surface area contributed by atoms with Gasteiger partial charge in [0, 0.05) is 43.6 Å². The van der Waals surface area contributed by atoms with Crippen LogP contribution >= 0.6 is 0 Å². The number of carbonyl (C=O) groups is 1. The summed E-state index contributed by atoms with van der Waals surface area (Å²) in [6.45, 7) is 3.72. The molecule has 1 amide bonds. The highest BCUT2D eigenvalue weighted by Gasteiger charge is 2.30. The smallest absolute Gasteiger partial charge is 0.271 e. The minimum atomic E-state index is -3.78. The highest BCUT2D eigenvalue weighted by Crippen LogP contribution is 2.21. The van der Waals surface area contributed by atoms with E-state index in [0.717, 1.165) is 24.5 Å². The lowest BCUT2D eigenvalue weighted by atomic mass is 10.2. The fourth-order valence-electron chi connectivity index (χ4n) is 2.92. The first-order valence-electron chi connectivity index (χ1n) is 8.70. The summed E-state index contributed by atoms with van der Waals surface area (Å²) in [5.74, 6) is -1.18. The third kappa shape index (κ3) is 6.19. The summed E-state index contributed by atoms with van der Waals surface area (Å²) < 4.78 is 55.2. The van der Waals surface area contributed by atoms with Crippen molar-refractivity contribution in [2.75, 3.05) is 31.6 Å². The summed E-state index contributed by atoms with van der Waals surface area (Å²) in [6, 6.07) is 2.80. The van der Waals surface area contributed by atoms with E-state index >= 15 is 0 Å². The standard InChI is InChI=1S/C16H23N3O8S2/c1-11-9-18(10-12(2)27-11)29(25,26)5-4-17-16(20)13-6-14(19(21)22)8-15(7-13)28(3,23)24/h6-8,11-12H,4-5,9-10H2,1-3H3,(H,17,20). The molecule has 1 aliphatic rings. The predicted octanol–water partition coefficient (Wildman–Crippen LogP) is 0.167. The highest BCUT2D eigenvalue weighted by molar-refractivity contribution is 7.90. The minimum Gasteiger partial charge on any atom is -0.373 e. The SMILES string of the molecule is CC1CN(S(=O)(=O)CCNC(=O)c2cc([N+](=O)[O-])cc(S(C)(=O)=O)c2)CC(C)O1. The quantitative estimate of drug-likeness (QED) is 0.456. The molecule has 1 aromatic rings. The summed E-state index contributed by atoms with van der Waals surface area (Å²) in [4.78, 5) is 22.1. The van der Waals surface area contributed by atoms with E-state index in [4.69, 9.17) is 4.74 Å². The molecular weight excluding hydrogens is 426 g/mol. The van der Waals surface area contributed by atoms with Gasteiger partial charge in [-0.3, -0.25) is 14.9 Å². The maximum absolute atomic E-state index is 12.5. The van der Waals surface area contributed by atoms with Crippen LogP contribution in [0.2, 0.25) is 0 Å². The molecule has 2 unspecified atom stereocenters. The Bertz CT molecular complexity index is 997. The van der Waals surface area contributed by atoms with Crippen LogP contribution in [-0.2, 0) is 24.6 Å². The van der Waals surface area contributed by atoms with Crippen molar-refractivity contribution >= 4 is 31.5 Å². The number of morpholine rings is 1. The van der Waals surface area contributed by atoms with Gasteiger partial charge in [-0.05, 0) is 19.9 Å². The van der Waals surface area contributed by atoms with E-state index in [1.54, 1.807) is 13.8 Å². The topological polar surface area (TPSA) is 153 Å². The second-order valence-electron chi connectivity index (χ2n) is 6.89. The molecule has 1 heterocycles. The zero-order chi connectivity index (χ0) is 22.0. The van der Waals surface area contributed by atoms with E-state index in [2.05, 4.69) is 5.32 Å². The summed E-state index contributed by atoms with van der Waals surface area (Å²) in [7, 11) is -7.43. The van der Waals surface area contributed by atoms with E-state index in [-0.39, 0.29) is 48.1 Å². The molecule has 29 heavy (non-hydrogen) atoms. The lowest BCUT2D eigenvalue weighted by molar-refractivity contribution is -0.385. The van der Waals surface area contributed by atoms with E-state index in [1.165, 1.54) is 4.31 Å². The average molecular weight is 450 g/mol. The lowest BCUT2D eigenvalue weighted by Gasteiger charge is -2.34. The Labute approximate surface area is 169 Å². The molecule has 1 saturated heterocycles. The Kier molecular flexibility index (Phi) is 6.98. The summed E-state index contributed by atoms with van der Waals surface area (Å²) in [5, 5.41) is 13.4. The average Bonchev–Trinajstić information content (AvgIpc) is 2.59. The van der Waals surface area contributed by atoms with Gasteiger partial charge in [0.05, 0.1) is 27.8 Å². The molecule has 0 aromatic heterocycles. The number of sulfone groups is 1. The van der Waals surface area contributed by atoms with Crippen molar-refractivity contribution in [3.05, 3.63) is 33.9 Å². The van der Waals surface area contributed by atoms with Crippen LogP contribution in [0.15, 0.2) is 23.1 Å². The number of hydrogen-bond donors (Lipinski definition) is 1. The van der Waals surface area contributed by atoms with Gasteiger partial charge in [0.1, 0.15) is 0 Å². The number of nitro benzene ring substituents is 1. The second kappa shape index (κ2) is 8.73. The molecule has 1 aromatic carbocycles. The number of sulfonamides is 1. The van der Waals surface area contributed by atoms with Crippen molar-refractivity contribution in [1.82, 2.24) is 9.62 Å². The number of nitrogens with one attached hydrogen (secondary N) is 1. The Balaban J connectivity index is 2.09. The van der Waals surface area contributed by atoms with Gasteiger partial charge in [-0.25, -0.2) is 16.8 Å². The van der Waals surface area contributed by atoms with E-state index < -0.39 is 36.4 Å². The highest BCUT2D eigenvalue weighted by atomic mass is 32.2. The van der Waals surface area contributed by atoms with Crippen molar-refractivity contribution in [3.63, 3.8) is 0 Å². The summed E-state index contributed by atoms with van der Waals surface area (Å²) in [5.41, 5.74) is -0.798. The van der Waals surface area contributed by atoms with Crippen LogP contribution in [0, 0.1) is 10.1 Å². The van der Waals surface area contributed by atoms with Gasteiger partial charge in [0.15, 0.2) is 9.84 Å². The molecule has 13 heteroatoms. The number of rotatable bonds is 7. The van der Waals surface area contributed by atoms with Gasteiger partial charge in [-0.15, -0.1) is 0 Å². The van der Waals surface area contributed by atoms with Crippen LogP contribution in [0.3, 0.4) is 0 Å². The Hall–Kier alpha value is -2.09. The van der Waals surface area contributed by atoms with Crippen LogP contribution < -0.4 is 5.32 Å². The number of non-ortho nitro benzene ring substituents is 1. The molecule has 0 bridgehead atoms. The second-order valence-corrected chi connectivity index (χ2v) is 11.0. The van der Waals surface area contributed by atoms with E-state index in [1.807, 2.05) is 0 Å². The first-order chi connectivity index (χ1) is 13.3. The Morgan fingerprint density at radius 1 is 1.21 bits per heavy atom. The molecule has 0 radical (unpaired) electrons. The van der Waals surface area contributed by atoms with Gasteiger partial charge in [0.2, 0.25) is 10.0 Å². The molecule has 0 spiro atoms. The van der Waals surface area contributed by atoms with Crippen LogP contribution in [-0.4, -0.2) is 75.8 Å². The maximum atomic E-state index is 12.5. The monoisotopic (exact) mass is 449 g/mol. The number of carbonyl (C=O) groups excluding carboxylic acids is 1. The van der Waals surface area contributed by atoms with Gasteiger partial charge >= 0.3 is 0 Å². The predicted molar refractivity (Wildman–Crippen MR) is 104 cm³/mol. The number of hydrogen-bond acceptors (Lipinski definition) is 8. The maximum Gasteiger partial charge on any atom is 0.271 e. The summed E-state index contributed by atoms with van der Waals surface area (Å²) >= 11 is 0. The zero-order valence-corrected chi connectivity index (χ0v) is 17.8. The summed E-state index contributed by atoms with van der Waals surface area (Å²) in [6.07, 6.45) is 0.370. The van der Waals surface area contributed by atoms with Crippen molar-refractivity contribution in [3.8, 4) is 0 Å². The molecular formula is C16H23N3O8S2. The third-order valence-corrected chi connectivity index (χ3v) is 7.11.